The molecule has 0 amide bonds. The topological polar surface area (TPSA) is 65.0 Å². The molecule has 2 aliphatic rings. The minimum atomic E-state index is -0.890. The molecule has 2 rings (SSSR count). The normalized spacial score (nSPS) is 31.1. The lowest BCUT2D eigenvalue weighted by Gasteiger charge is -2.38. The average Bonchev–Trinajstić information content (AvgIpc) is 2.44. The first-order valence-corrected chi connectivity index (χ1v) is 5.28. The Labute approximate surface area is 88.3 Å². The van der Waals surface area contributed by atoms with E-state index in [1.165, 1.54) is 0 Å². The van der Waals surface area contributed by atoms with E-state index in [4.69, 9.17) is 19.3 Å². The monoisotopic (exact) mass is 216 g/mol. The Balaban J connectivity index is 2.02. The zero-order chi connectivity index (χ0) is 10.7. The summed E-state index contributed by atoms with van der Waals surface area (Å²) in [5.74, 6) is -0.890. The maximum absolute atomic E-state index is 10.9. The molecule has 1 spiro atoms. The fraction of sp³-hybridized carbons (Fsp3) is 0.900. The fourth-order valence-corrected chi connectivity index (χ4v) is 2.09. The molecule has 0 aromatic carbocycles. The highest BCUT2D eigenvalue weighted by atomic mass is 16.6. The lowest BCUT2D eigenvalue weighted by Crippen LogP contribution is -2.49. The van der Waals surface area contributed by atoms with Gasteiger partial charge in [-0.15, -0.1) is 0 Å². The molecule has 0 bridgehead atoms. The van der Waals surface area contributed by atoms with Crippen molar-refractivity contribution in [3.63, 3.8) is 0 Å². The summed E-state index contributed by atoms with van der Waals surface area (Å²) in [6.45, 7) is 2.00. The van der Waals surface area contributed by atoms with Crippen molar-refractivity contribution in [1.29, 1.82) is 0 Å². The lowest BCUT2D eigenvalue weighted by atomic mass is 9.93. The van der Waals surface area contributed by atoms with Crippen LogP contribution in [0, 0.1) is 0 Å². The second kappa shape index (κ2) is 4.47. The van der Waals surface area contributed by atoms with Crippen LogP contribution in [-0.2, 0) is 19.0 Å². The van der Waals surface area contributed by atoms with Gasteiger partial charge in [0.25, 0.3) is 0 Å². The average molecular weight is 216 g/mol. The van der Waals surface area contributed by atoms with Crippen LogP contribution >= 0.6 is 0 Å². The van der Waals surface area contributed by atoms with Crippen LogP contribution in [0.3, 0.4) is 0 Å². The summed E-state index contributed by atoms with van der Waals surface area (Å²) in [4.78, 5) is 10.9. The van der Waals surface area contributed by atoms with Gasteiger partial charge in [0.15, 0.2) is 6.10 Å². The molecule has 2 fully saturated rings. The standard InChI is InChI=1S/C10H16O5/c11-9(12)8-2-1-3-10(15-8)6-13-4-5-14-7-10/h8H,1-7H2,(H,11,12). The first-order valence-electron chi connectivity index (χ1n) is 5.28. The van der Waals surface area contributed by atoms with E-state index >= 15 is 0 Å². The van der Waals surface area contributed by atoms with E-state index < -0.39 is 17.7 Å². The van der Waals surface area contributed by atoms with Crippen LogP contribution in [-0.4, -0.2) is 49.2 Å². The van der Waals surface area contributed by atoms with Crippen LogP contribution < -0.4 is 0 Å². The third kappa shape index (κ3) is 2.48. The van der Waals surface area contributed by atoms with Crippen molar-refractivity contribution < 1.29 is 24.1 Å². The van der Waals surface area contributed by atoms with Crippen molar-refractivity contribution >= 4 is 5.97 Å². The van der Waals surface area contributed by atoms with Gasteiger partial charge >= 0.3 is 5.97 Å². The van der Waals surface area contributed by atoms with Gasteiger partial charge in [0, 0.05) is 0 Å². The zero-order valence-electron chi connectivity index (χ0n) is 8.61. The van der Waals surface area contributed by atoms with Gasteiger partial charge in [0.05, 0.1) is 26.4 Å². The third-order valence-electron chi connectivity index (χ3n) is 2.87. The molecular formula is C10H16O5. The number of carboxylic acids is 1. The van der Waals surface area contributed by atoms with Crippen molar-refractivity contribution in [2.75, 3.05) is 26.4 Å². The van der Waals surface area contributed by atoms with Crippen LogP contribution in [0.5, 0.6) is 0 Å². The van der Waals surface area contributed by atoms with E-state index in [9.17, 15) is 4.79 Å². The van der Waals surface area contributed by atoms with Gasteiger partial charge in [-0.25, -0.2) is 4.79 Å². The van der Waals surface area contributed by atoms with Crippen LogP contribution in [0.25, 0.3) is 0 Å². The number of hydrogen-bond acceptors (Lipinski definition) is 4. The second-order valence-electron chi connectivity index (χ2n) is 4.13. The Kier molecular flexibility index (Phi) is 3.23. The molecule has 86 valence electrons. The van der Waals surface area contributed by atoms with Crippen molar-refractivity contribution in [1.82, 2.24) is 0 Å². The number of rotatable bonds is 1. The van der Waals surface area contributed by atoms with Crippen molar-refractivity contribution in [2.45, 2.75) is 31.0 Å². The number of carboxylic acid groups (broad SMARTS) is 1. The van der Waals surface area contributed by atoms with E-state index in [-0.39, 0.29) is 0 Å². The molecule has 0 aromatic rings. The second-order valence-corrected chi connectivity index (χ2v) is 4.13. The van der Waals surface area contributed by atoms with E-state index in [1.54, 1.807) is 0 Å². The van der Waals surface area contributed by atoms with Crippen LogP contribution in [0.4, 0.5) is 0 Å². The van der Waals surface area contributed by atoms with Crippen molar-refractivity contribution in [3.05, 3.63) is 0 Å². The van der Waals surface area contributed by atoms with E-state index in [1.807, 2.05) is 0 Å². The maximum Gasteiger partial charge on any atom is 0.332 e. The van der Waals surface area contributed by atoms with Crippen LogP contribution in [0.2, 0.25) is 0 Å². The fourth-order valence-electron chi connectivity index (χ4n) is 2.09. The maximum atomic E-state index is 10.9. The Morgan fingerprint density at radius 3 is 2.53 bits per heavy atom. The molecule has 15 heavy (non-hydrogen) atoms. The first-order chi connectivity index (χ1) is 7.22. The lowest BCUT2D eigenvalue weighted by molar-refractivity contribution is -0.191. The van der Waals surface area contributed by atoms with Gasteiger partial charge in [-0.2, -0.15) is 0 Å². The van der Waals surface area contributed by atoms with E-state index in [0.29, 0.717) is 32.8 Å². The van der Waals surface area contributed by atoms with Gasteiger partial charge in [0.1, 0.15) is 5.60 Å². The highest BCUT2D eigenvalue weighted by Gasteiger charge is 2.41. The molecule has 2 heterocycles. The Morgan fingerprint density at radius 2 is 1.93 bits per heavy atom. The summed E-state index contributed by atoms with van der Waals surface area (Å²) in [5.41, 5.74) is -0.530. The molecule has 0 radical (unpaired) electrons. The van der Waals surface area contributed by atoms with Gasteiger partial charge in [-0.05, 0) is 19.3 Å². The number of aliphatic carboxylic acids is 1. The van der Waals surface area contributed by atoms with Gasteiger partial charge in [-0.1, -0.05) is 0 Å². The molecule has 5 heteroatoms. The smallest absolute Gasteiger partial charge is 0.332 e. The quantitative estimate of drug-likeness (QED) is 0.688. The minimum Gasteiger partial charge on any atom is -0.479 e. The summed E-state index contributed by atoms with van der Waals surface area (Å²) in [6.07, 6.45) is 1.54. The first kappa shape index (κ1) is 10.9. The molecule has 2 aliphatic heterocycles. The van der Waals surface area contributed by atoms with Gasteiger partial charge in [0.2, 0.25) is 0 Å². The molecule has 2 saturated heterocycles. The molecule has 1 N–H and O–H groups in total. The van der Waals surface area contributed by atoms with Crippen LogP contribution in [0.1, 0.15) is 19.3 Å². The Hall–Kier alpha value is -0.650. The number of carbonyl (C=O) groups is 1. The molecule has 0 aliphatic carbocycles. The van der Waals surface area contributed by atoms with Gasteiger partial charge in [-0.3, -0.25) is 0 Å². The largest absolute Gasteiger partial charge is 0.479 e. The molecular weight excluding hydrogens is 200 g/mol. The Morgan fingerprint density at radius 1 is 1.27 bits per heavy atom. The third-order valence-corrected chi connectivity index (χ3v) is 2.87. The molecule has 5 nitrogen and oxygen atoms in total. The zero-order valence-corrected chi connectivity index (χ0v) is 8.61. The highest BCUT2D eigenvalue weighted by Crippen LogP contribution is 2.30. The number of ether oxygens (including phenoxy) is 3. The predicted molar refractivity (Wildman–Crippen MR) is 50.7 cm³/mol. The molecule has 1 unspecified atom stereocenters. The Bertz CT molecular complexity index is 232. The molecule has 0 aromatic heterocycles. The van der Waals surface area contributed by atoms with Crippen molar-refractivity contribution in [2.24, 2.45) is 0 Å². The SMILES string of the molecule is O=C(O)C1CCCC2(COCCOC2)O1. The summed E-state index contributed by atoms with van der Waals surface area (Å²) in [7, 11) is 0. The van der Waals surface area contributed by atoms with Crippen LogP contribution in [0.15, 0.2) is 0 Å². The van der Waals surface area contributed by atoms with E-state index in [0.717, 1.165) is 12.8 Å². The predicted octanol–water partition coefficient (Wildman–Crippen LogP) is 0.426. The summed E-state index contributed by atoms with van der Waals surface area (Å²) in [5, 5.41) is 8.92. The molecule has 0 saturated carbocycles. The summed E-state index contributed by atoms with van der Waals surface area (Å²) >= 11 is 0. The number of hydrogen-bond donors (Lipinski definition) is 1. The molecule has 1 atom stereocenters. The summed E-state index contributed by atoms with van der Waals surface area (Å²) < 4.78 is 16.4. The minimum absolute atomic E-state index is 0.441. The van der Waals surface area contributed by atoms with Crippen molar-refractivity contribution in [3.8, 4) is 0 Å². The van der Waals surface area contributed by atoms with Gasteiger partial charge < -0.3 is 19.3 Å². The summed E-state index contributed by atoms with van der Waals surface area (Å²) in [6, 6.07) is 0. The van der Waals surface area contributed by atoms with E-state index in [2.05, 4.69) is 0 Å². The highest BCUT2D eigenvalue weighted by molar-refractivity contribution is 5.72.